The number of nitrogens with zero attached hydrogens (tertiary/aromatic N) is 2. The van der Waals surface area contributed by atoms with Gasteiger partial charge in [-0.05, 0) is 19.4 Å². The van der Waals surface area contributed by atoms with E-state index in [2.05, 4.69) is 16.3 Å². The Morgan fingerprint density at radius 1 is 1.42 bits per heavy atom. The van der Waals surface area contributed by atoms with Crippen molar-refractivity contribution in [1.82, 2.24) is 10.2 Å². The lowest BCUT2D eigenvalue weighted by atomic mass is 9.99. The van der Waals surface area contributed by atoms with Crippen LogP contribution in [0.1, 0.15) is 19.3 Å². The van der Waals surface area contributed by atoms with E-state index in [1.54, 1.807) is 0 Å². The van der Waals surface area contributed by atoms with E-state index in [0.717, 1.165) is 13.1 Å². The van der Waals surface area contributed by atoms with E-state index in [4.69, 9.17) is 5.26 Å². The van der Waals surface area contributed by atoms with Gasteiger partial charge in [-0.3, -0.25) is 10.2 Å². The van der Waals surface area contributed by atoms with Crippen LogP contribution in [0.2, 0.25) is 0 Å². The standard InChI is InChI=1S/C9H15N3/c10-5-8-7-12-4-2-1-3-9(12)6-11-8/h8-9,11H,1-4,6-7H2/t8-,9+/m0/s1. The Bertz CT molecular complexity index is 196. The number of nitrogens with one attached hydrogen (secondary N) is 1. The average Bonchev–Trinajstić information content (AvgIpc) is 2.17. The monoisotopic (exact) mass is 165 g/mol. The van der Waals surface area contributed by atoms with E-state index in [1.807, 2.05) is 0 Å². The Kier molecular flexibility index (Phi) is 2.29. The molecule has 0 radical (unpaired) electrons. The van der Waals surface area contributed by atoms with E-state index < -0.39 is 0 Å². The molecule has 0 saturated carbocycles. The molecular formula is C9H15N3. The quantitative estimate of drug-likeness (QED) is 0.562. The summed E-state index contributed by atoms with van der Waals surface area (Å²) in [5.41, 5.74) is 0. The van der Waals surface area contributed by atoms with Crippen LogP contribution in [0.5, 0.6) is 0 Å². The molecule has 2 aliphatic rings. The van der Waals surface area contributed by atoms with Crippen molar-refractivity contribution < 1.29 is 0 Å². The van der Waals surface area contributed by atoms with Crippen molar-refractivity contribution in [2.24, 2.45) is 0 Å². The normalized spacial score (nSPS) is 36.9. The summed E-state index contributed by atoms with van der Waals surface area (Å²) >= 11 is 0. The van der Waals surface area contributed by atoms with E-state index in [9.17, 15) is 0 Å². The lowest BCUT2D eigenvalue weighted by Gasteiger charge is -2.41. The van der Waals surface area contributed by atoms with E-state index in [1.165, 1.54) is 25.8 Å². The van der Waals surface area contributed by atoms with Crippen LogP contribution in [0.25, 0.3) is 0 Å². The summed E-state index contributed by atoms with van der Waals surface area (Å²) in [4.78, 5) is 2.47. The zero-order valence-electron chi connectivity index (χ0n) is 7.29. The first-order valence-corrected chi connectivity index (χ1v) is 4.77. The third-order valence-corrected chi connectivity index (χ3v) is 2.92. The number of rotatable bonds is 0. The lowest BCUT2D eigenvalue weighted by molar-refractivity contribution is 0.107. The third kappa shape index (κ3) is 1.45. The molecule has 0 unspecified atom stereocenters. The Labute approximate surface area is 73.3 Å². The number of hydrogen-bond donors (Lipinski definition) is 1. The first-order chi connectivity index (χ1) is 5.90. The SMILES string of the molecule is N#C[C@H]1CN2CCCC[C@@H]2CN1. The highest BCUT2D eigenvalue weighted by molar-refractivity contribution is 4.98. The van der Waals surface area contributed by atoms with Gasteiger partial charge >= 0.3 is 0 Å². The summed E-state index contributed by atoms with van der Waals surface area (Å²) in [6.45, 7) is 3.14. The van der Waals surface area contributed by atoms with Crippen molar-refractivity contribution in [3.05, 3.63) is 0 Å². The van der Waals surface area contributed by atoms with Crippen LogP contribution in [0.4, 0.5) is 0 Å². The number of fused-ring (bicyclic) bond motifs is 1. The fraction of sp³-hybridized carbons (Fsp3) is 0.889. The van der Waals surface area contributed by atoms with Crippen molar-refractivity contribution >= 4 is 0 Å². The minimum absolute atomic E-state index is 0.0688. The summed E-state index contributed by atoms with van der Waals surface area (Å²) < 4.78 is 0. The molecule has 0 aromatic carbocycles. The highest BCUT2D eigenvalue weighted by atomic mass is 15.2. The van der Waals surface area contributed by atoms with Gasteiger partial charge in [0.15, 0.2) is 0 Å². The first-order valence-electron chi connectivity index (χ1n) is 4.77. The molecule has 2 saturated heterocycles. The Hall–Kier alpha value is -0.590. The van der Waals surface area contributed by atoms with Crippen LogP contribution in [0, 0.1) is 11.3 Å². The second-order valence-electron chi connectivity index (χ2n) is 3.73. The molecule has 0 bridgehead atoms. The number of nitriles is 1. The molecule has 1 N–H and O–H groups in total. The van der Waals surface area contributed by atoms with Crippen LogP contribution in [0.3, 0.4) is 0 Å². The van der Waals surface area contributed by atoms with Crippen LogP contribution < -0.4 is 5.32 Å². The number of piperazine rings is 1. The zero-order valence-corrected chi connectivity index (χ0v) is 7.29. The minimum Gasteiger partial charge on any atom is -0.299 e. The number of piperidine rings is 1. The van der Waals surface area contributed by atoms with Crippen LogP contribution in [0.15, 0.2) is 0 Å². The van der Waals surface area contributed by atoms with E-state index >= 15 is 0 Å². The maximum Gasteiger partial charge on any atom is 0.108 e. The summed E-state index contributed by atoms with van der Waals surface area (Å²) in [6.07, 6.45) is 3.99. The summed E-state index contributed by atoms with van der Waals surface area (Å²) in [6, 6.07) is 3.06. The van der Waals surface area contributed by atoms with Gasteiger partial charge < -0.3 is 0 Å². The molecule has 12 heavy (non-hydrogen) atoms. The molecular weight excluding hydrogens is 150 g/mol. The highest BCUT2D eigenvalue weighted by Gasteiger charge is 2.29. The van der Waals surface area contributed by atoms with Crippen LogP contribution in [-0.2, 0) is 0 Å². The van der Waals surface area contributed by atoms with Gasteiger partial charge in [-0.2, -0.15) is 5.26 Å². The van der Waals surface area contributed by atoms with Gasteiger partial charge in [0.25, 0.3) is 0 Å². The van der Waals surface area contributed by atoms with Gasteiger partial charge in [0.2, 0.25) is 0 Å². The van der Waals surface area contributed by atoms with E-state index in [0.29, 0.717) is 6.04 Å². The van der Waals surface area contributed by atoms with Gasteiger partial charge in [0.1, 0.15) is 6.04 Å². The molecule has 0 aliphatic carbocycles. The molecule has 3 nitrogen and oxygen atoms in total. The predicted octanol–water partition coefficient (Wildman–Crippen LogP) is 0.336. The van der Waals surface area contributed by atoms with Crippen molar-refractivity contribution in [2.75, 3.05) is 19.6 Å². The topological polar surface area (TPSA) is 39.1 Å². The lowest BCUT2D eigenvalue weighted by Crippen LogP contribution is -2.57. The smallest absolute Gasteiger partial charge is 0.108 e. The van der Waals surface area contributed by atoms with Gasteiger partial charge in [-0.15, -0.1) is 0 Å². The van der Waals surface area contributed by atoms with Crippen molar-refractivity contribution in [1.29, 1.82) is 5.26 Å². The van der Waals surface area contributed by atoms with Crippen molar-refractivity contribution in [3.8, 4) is 6.07 Å². The van der Waals surface area contributed by atoms with Gasteiger partial charge in [0, 0.05) is 19.1 Å². The number of hydrogen-bond acceptors (Lipinski definition) is 3. The fourth-order valence-corrected chi connectivity index (χ4v) is 2.20. The minimum atomic E-state index is 0.0688. The van der Waals surface area contributed by atoms with Crippen molar-refractivity contribution in [3.63, 3.8) is 0 Å². The third-order valence-electron chi connectivity index (χ3n) is 2.92. The summed E-state index contributed by atoms with van der Waals surface area (Å²) in [7, 11) is 0. The zero-order chi connectivity index (χ0) is 8.39. The Balaban J connectivity index is 1.95. The van der Waals surface area contributed by atoms with Crippen LogP contribution >= 0.6 is 0 Å². The molecule has 66 valence electrons. The molecule has 2 heterocycles. The van der Waals surface area contributed by atoms with Gasteiger partial charge in [0.05, 0.1) is 6.07 Å². The van der Waals surface area contributed by atoms with Gasteiger partial charge in [-0.25, -0.2) is 0 Å². The molecule has 0 aromatic rings. The van der Waals surface area contributed by atoms with Crippen LogP contribution in [-0.4, -0.2) is 36.6 Å². The molecule has 0 spiro atoms. The maximum atomic E-state index is 8.74. The molecule has 2 fully saturated rings. The molecule has 0 aromatic heterocycles. The first kappa shape index (κ1) is 8.03. The van der Waals surface area contributed by atoms with Crippen molar-refractivity contribution in [2.45, 2.75) is 31.3 Å². The second kappa shape index (κ2) is 3.42. The fourth-order valence-electron chi connectivity index (χ4n) is 2.20. The largest absolute Gasteiger partial charge is 0.299 e. The molecule has 2 atom stereocenters. The maximum absolute atomic E-state index is 8.74. The van der Waals surface area contributed by atoms with E-state index in [-0.39, 0.29) is 6.04 Å². The molecule has 0 amide bonds. The predicted molar refractivity (Wildman–Crippen MR) is 46.6 cm³/mol. The molecule has 3 heteroatoms. The molecule has 2 aliphatic heterocycles. The van der Waals surface area contributed by atoms with Gasteiger partial charge in [-0.1, -0.05) is 6.42 Å². The summed E-state index contributed by atoms with van der Waals surface area (Å²) in [5, 5.41) is 12.0. The Morgan fingerprint density at radius 2 is 2.33 bits per heavy atom. The summed E-state index contributed by atoms with van der Waals surface area (Å²) in [5.74, 6) is 0. The second-order valence-corrected chi connectivity index (χ2v) is 3.73. The highest BCUT2D eigenvalue weighted by Crippen LogP contribution is 2.18. The molecule has 2 rings (SSSR count). The Morgan fingerprint density at radius 3 is 3.17 bits per heavy atom. The average molecular weight is 165 g/mol.